The van der Waals surface area contributed by atoms with Gasteiger partial charge in [0.1, 0.15) is 22.3 Å². The average molecular weight is 741 g/mol. The number of methoxy groups -OCH3 is 1. The Balaban J connectivity index is 1.50. The summed E-state index contributed by atoms with van der Waals surface area (Å²) < 4.78 is 24.0. The molecule has 2 aliphatic heterocycles. The van der Waals surface area contributed by atoms with E-state index in [-0.39, 0.29) is 57.4 Å². The maximum absolute atomic E-state index is 17.1. The Bertz CT molecular complexity index is 1730. The highest BCUT2D eigenvalue weighted by Gasteiger charge is 2.31. The quantitative estimate of drug-likeness (QED) is 0.211. The number of rotatable bonds is 13. The lowest BCUT2D eigenvalue weighted by molar-refractivity contribution is 0.0669. The normalized spacial score (nSPS) is 17.7. The summed E-state index contributed by atoms with van der Waals surface area (Å²) in [4.78, 5) is 40.6. The summed E-state index contributed by atoms with van der Waals surface area (Å²) in [6.07, 6.45) is 6.72. The molecule has 2 atom stereocenters. The number of piperazine rings is 1. The summed E-state index contributed by atoms with van der Waals surface area (Å²) >= 11 is 6.49. The molecule has 5 rings (SSSR count). The van der Waals surface area contributed by atoms with Crippen molar-refractivity contribution in [3.8, 4) is 11.4 Å². The van der Waals surface area contributed by atoms with Gasteiger partial charge in [-0.25, -0.2) is 14.1 Å². The van der Waals surface area contributed by atoms with E-state index in [4.69, 9.17) is 22.1 Å². The van der Waals surface area contributed by atoms with Crippen LogP contribution in [0.4, 0.5) is 21.5 Å². The zero-order valence-corrected chi connectivity index (χ0v) is 32.3. The predicted octanol–water partition coefficient (Wildman–Crippen LogP) is 5.68. The fourth-order valence-electron chi connectivity index (χ4n) is 6.94. The molecule has 0 aliphatic carbocycles. The lowest BCUT2D eigenvalue weighted by atomic mass is 10.1. The van der Waals surface area contributed by atoms with E-state index in [1.165, 1.54) is 43.3 Å². The number of nitrogens with two attached hydrogens (primary N) is 1. The zero-order valence-electron chi connectivity index (χ0n) is 31.6. The van der Waals surface area contributed by atoms with Crippen LogP contribution in [0.1, 0.15) is 99.2 Å². The number of ether oxygens (including phenoxy) is 1. The molecule has 2 amide bonds. The minimum Gasteiger partial charge on any atom is -0.494 e. The van der Waals surface area contributed by atoms with Crippen molar-refractivity contribution in [2.24, 2.45) is 0 Å². The van der Waals surface area contributed by atoms with Crippen LogP contribution in [0.5, 0.6) is 5.75 Å². The summed E-state index contributed by atoms with van der Waals surface area (Å²) in [6.45, 7) is 15.6. The molecular weight excluding hydrogens is 687 g/mol. The van der Waals surface area contributed by atoms with Crippen LogP contribution in [-0.4, -0.2) is 119 Å². The number of hydrogen-bond donors (Lipinski definition) is 2. The standard InChI is InChI=1S/C37H54ClFN10O3/c1-8-24(4)48(16-12-15-46-13-10-9-11-14-46)37(51)28-22-49(44-43-28)34-30(52-7)20-29(47-18-17-45(6)25(5)21-47)33(31(34)39)42-36(50)26-19-27(40)32(23(2)3)41-35(26)38/h19-20,22-25H,8-18,21,40H2,1-7H3,(H,42,50). The Labute approximate surface area is 311 Å². The lowest BCUT2D eigenvalue weighted by Gasteiger charge is -2.40. The van der Waals surface area contributed by atoms with Crippen LogP contribution >= 0.6 is 11.6 Å². The van der Waals surface area contributed by atoms with Crippen molar-refractivity contribution in [3.05, 3.63) is 46.3 Å². The molecule has 52 heavy (non-hydrogen) atoms. The number of nitrogens with one attached hydrogen (secondary N) is 1. The molecule has 0 radical (unpaired) electrons. The van der Waals surface area contributed by atoms with Crippen LogP contribution in [0.25, 0.3) is 5.69 Å². The van der Waals surface area contributed by atoms with Crippen LogP contribution in [0, 0.1) is 5.82 Å². The van der Waals surface area contributed by atoms with Crippen molar-refractivity contribution >= 4 is 40.5 Å². The Morgan fingerprint density at radius 2 is 1.88 bits per heavy atom. The van der Waals surface area contributed by atoms with E-state index in [0.29, 0.717) is 36.7 Å². The van der Waals surface area contributed by atoms with Gasteiger partial charge >= 0.3 is 0 Å². The molecule has 3 N–H and O–H groups in total. The van der Waals surface area contributed by atoms with Gasteiger partial charge in [0, 0.05) is 44.3 Å². The molecule has 4 heterocycles. The van der Waals surface area contributed by atoms with E-state index in [1.54, 1.807) is 6.07 Å². The number of nitrogen functional groups attached to an aromatic ring is 1. The predicted molar refractivity (Wildman–Crippen MR) is 204 cm³/mol. The number of carbonyl (C=O) groups is 2. The van der Waals surface area contributed by atoms with Gasteiger partial charge < -0.3 is 35.4 Å². The number of benzene rings is 1. The van der Waals surface area contributed by atoms with Crippen LogP contribution < -0.4 is 20.7 Å². The van der Waals surface area contributed by atoms with Gasteiger partial charge in [-0.1, -0.05) is 44.0 Å². The van der Waals surface area contributed by atoms with Crippen LogP contribution in [0.3, 0.4) is 0 Å². The maximum Gasteiger partial charge on any atom is 0.276 e. The number of likely N-dealkylation sites (N-methyl/N-ethyl adjacent to an activating group) is 1. The van der Waals surface area contributed by atoms with Crippen LogP contribution in [0.15, 0.2) is 18.3 Å². The minimum atomic E-state index is -0.811. The van der Waals surface area contributed by atoms with E-state index >= 15 is 4.39 Å². The molecule has 2 fully saturated rings. The molecule has 284 valence electrons. The summed E-state index contributed by atoms with van der Waals surface area (Å²) in [5.74, 6) is -1.62. The number of piperidine rings is 1. The van der Waals surface area contributed by atoms with E-state index in [1.807, 2.05) is 44.5 Å². The molecule has 0 saturated carbocycles. The summed E-state index contributed by atoms with van der Waals surface area (Å²) in [5, 5.41) is 11.1. The zero-order chi connectivity index (χ0) is 37.7. The summed E-state index contributed by atoms with van der Waals surface area (Å²) in [7, 11) is 3.48. The van der Waals surface area contributed by atoms with Crippen LogP contribution in [-0.2, 0) is 0 Å². The van der Waals surface area contributed by atoms with E-state index < -0.39 is 11.7 Å². The van der Waals surface area contributed by atoms with E-state index in [2.05, 4.69) is 37.3 Å². The molecule has 13 nitrogen and oxygen atoms in total. The number of likely N-dealkylation sites (tertiary alicyclic amines) is 1. The Morgan fingerprint density at radius 1 is 1.15 bits per heavy atom. The number of hydrogen-bond acceptors (Lipinski definition) is 10. The first-order chi connectivity index (χ1) is 24.8. The maximum atomic E-state index is 17.1. The molecule has 2 aliphatic rings. The topological polar surface area (TPSA) is 138 Å². The molecule has 2 unspecified atom stereocenters. The molecule has 0 bridgehead atoms. The molecule has 1 aromatic carbocycles. The third-order valence-corrected chi connectivity index (χ3v) is 10.7. The van der Waals surface area contributed by atoms with E-state index in [9.17, 15) is 9.59 Å². The number of halogens is 2. The van der Waals surface area contributed by atoms with Crippen molar-refractivity contribution in [2.45, 2.75) is 84.7 Å². The van der Waals surface area contributed by atoms with Crippen molar-refractivity contribution in [1.29, 1.82) is 0 Å². The van der Waals surface area contributed by atoms with Gasteiger partial charge in [-0.15, -0.1) is 5.10 Å². The smallest absolute Gasteiger partial charge is 0.276 e. The van der Waals surface area contributed by atoms with Gasteiger partial charge in [0.15, 0.2) is 11.5 Å². The fraction of sp³-hybridized carbons (Fsp3) is 0.595. The highest BCUT2D eigenvalue weighted by Crippen LogP contribution is 2.40. The van der Waals surface area contributed by atoms with Crippen LogP contribution in [0.2, 0.25) is 5.15 Å². The Hall–Kier alpha value is -4.01. The molecular formula is C37H54ClFN10O3. The second-order valence-electron chi connectivity index (χ2n) is 14.4. The van der Waals surface area contributed by atoms with E-state index in [0.717, 1.165) is 39.0 Å². The largest absolute Gasteiger partial charge is 0.494 e. The van der Waals surface area contributed by atoms with Crippen molar-refractivity contribution in [2.75, 3.05) is 75.9 Å². The molecule has 0 spiro atoms. The molecule has 15 heteroatoms. The number of anilines is 3. The van der Waals surface area contributed by atoms with Crippen molar-refractivity contribution < 1.29 is 18.7 Å². The first-order valence-electron chi connectivity index (χ1n) is 18.4. The Morgan fingerprint density at radius 3 is 2.54 bits per heavy atom. The van der Waals surface area contributed by atoms with Gasteiger partial charge in [0.2, 0.25) is 0 Å². The lowest BCUT2D eigenvalue weighted by Crippen LogP contribution is -2.50. The highest BCUT2D eigenvalue weighted by molar-refractivity contribution is 6.33. The third-order valence-electron chi connectivity index (χ3n) is 10.4. The van der Waals surface area contributed by atoms with Gasteiger partial charge in [0.25, 0.3) is 11.8 Å². The summed E-state index contributed by atoms with van der Waals surface area (Å²) in [6, 6.07) is 3.27. The number of carbonyl (C=O) groups excluding carboxylic acids is 2. The number of pyridine rings is 1. The van der Waals surface area contributed by atoms with Gasteiger partial charge in [0.05, 0.1) is 35.9 Å². The third kappa shape index (κ3) is 8.61. The minimum absolute atomic E-state index is 0.0112. The number of amides is 2. The monoisotopic (exact) mass is 740 g/mol. The van der Waals surface area contributed by atoms with Crippen molar-refractivity contribution in [3.63, 3.8) is 0 Å². The van der Waals surface area contributed by atoms with Gasteiger partial charge in [-0.05, 0) is 78.2 Å². The Kier molecular flexibility index (Phi) is 13.0. The SMILES string of the molecule is CCC(C)N(CCCN1CCCCC1)C(=O)c1cn(-c2c(OC)cc(N3CCN(C)C(C)C3)c(NC(=O)c3cc(N)c(C(C)C)nc3Cl)c2F)nn1. The molecule has 2 aromatic heterocycles. The summed E-state index contributed by atoms with van der Waals surface area (Å²) in [5.41, 5.74) is 7.45. The molecule has 2 saturated heterocycles. The van der Waals surface area contributed by atoms with Gasteiger partial charge in [-0.3, -0.25) is 9.59 Å². The second kappa shape index (κ2) is 17.2. The van der Waals surface area contributed by atoms with Crippen molar-refractivity contribution in [1.82, 2.24) is 34.7 Å². The van der Waals surface area contributed by atoms with Gasteiger partial charge in [-0.2, -0.15) is 0 Å². The second-order valence-corrected chi connectivity index (χ2v) is 14.7. The number of aromatic nitrogens is 4. The number of nitrogens with zero attached hydrogens (tertiary/aromatic N) is 8. The first-order valence-corrected chi connectivity index (χ1v) is 18.8. The fourth-order valence-corrected chi connectivity index (χ4v) is 7.17. The average Bonchev–Trinajstić information content (AvgIpc) is 3.62. The first kappa shape index (κ1) is 39.2. The molecule has 3 aromatic rings. The highest BCUT2D eigenvalue weighted by atomic mass is 35.5.